The van der Waals surface area contributed by atoms with Gasteiger partial charge in [0.15, 0.2) is 0 Å². The van der Waals surface area contributed by atoms with Crippen molar-refractivity contribution in [1.82, 2.24) is 20.2 Å². The molecule has 3 rings (SSSR count). The zero-order valence-electron chi connectivity index (χ0n) is 16.5. The Morgan fingerprint density at radius 3 is 2.57 bits per heavy atom. The molecule has 0 bridgehead atoms. The van der Waals surface area contributed by atoms with E-state index < -0.39 is 0 Å². The van der Waals surface area contributed by atoms with E-state index in [2.05, 4.69) is 20.2 Å². The first-order chi connectivity index (χ1) is 13.5. The highest BCUT2D eigenvalue weighted by Gasteiger charge is 2.20. The Morgan fingerprint density at radius 2 is 1.96 bits per heavy atom. The molecule has 0 aliphatic carbocycles. The van der Waals surface area contributed by atoms with Crippen LogP contribution in [0.1, 0.15) is 27.0 Å². The van der Waals surface area contributed by atoms with Gasteiger partial charge in [0, 0.05) is 12.7 Å². The number of amides is 1. The number of benzene rings is 1. The Hall–Kier alpha value is -2.77. The number of hydrogen-bond donors (Lipinski definition) is 1. The Bertz CT molecular complexity index is 923. The second-order valence-electron chi connectivity index (χ2n) is 6.61. The lowest BCUT2D eigenvalue weighted by Crippen LogP contribution is -2.34. The van der Waals surface area contributed by atoms with Crippen LogP contribution in [0.3, 0.4) is 0 Å². The molecular formula is C21H24N4O2S. The number of aryl methyl sites for hydroxylation is 1. The molecule has 6 nitrogen and oxygen atoms in total. The van der Waals surface area contributed by atoms with Crippen LogP contribution in [-0.2, 0) is 0 Å². The van der Waals surface area contributed by atoms with Crippen molar-refractivity contribution in [2.45, 2.75) is 13.0 Å². The summed E-state index contributed by atoms with van der Waals surface area (Å²) in [6.07, 6.45) is 1.72. The molecule has 1 amide bonds. The van der Waals surface area contributed by atoms with Gasteiger partial charge in [-0.25, -0.2) is 4.98 Å². The topological polar surface area (TPSA) is 67.3 Å². The summed E-state index contributed by atoms with van der Waals surface area (Å²) in [6.45, 7) is 2.35. The first-order valence-electron chi connectivity index (χ1n) is 8.97. The first-order valence-corrected chi connectivity index (χ1v) is 9.78. The molecule has 0 saturated carbocycles. The predicted octanol–water partition coefficient (Wildman–Crippen LogP) is 3.55. The summed E-state index contributed by atoms with van der Waals surface area (Å²) >= 11 is 1.37. The van der Waals surface area contributed by atoms with Gasteiger partial charge in [-0.15, -0.1) is 11.3 Å². The number of likely N-dealkylation sites (N-methyl/N-ethyl adjacent to an activating group) is 1. The molecule has 1 aromatic carbocycles. The molecule has 7 heteroatoms. The van der Waals surface area contributed by atoms with Crippen LogP contribution in [0.15, 0.2) is 48.7 Å². The summed E-state index contributed by atoms with van der Waals surface area (Å²) < 4.78 is 5.22. The number of aromatic nitrogens is 2. The third-order valence-corrected chi connectivity index (χ3v) is 5.65. The summed E-state index contributed by atoms with van der Waals surface area (Å²) in [7, 11) is 5.64. The number of carbonyl (C=O) groups excluding carboxylic acids is 1. The maximum absolute atomic E-state index is 12.8. The van der Waals surface area contributed by atoms with Gasteiger partial charge in [0.05, 0.1) is 24.5 Å². The van der Waals surface area contributed by atoms with Crippen LogP contribution < -0.4 is 10.1 Å². The smallest absolute Gasteiger partial charge is 0.263 e. The van der Waals surface area contributed by atoms with Gasteiger partial charge in [0.2, 0.25) is 0 Å². The molecule has 0 radical (unpaired) electrons. The zero-order valence-corrected chi connectivity index (χ0v) is 17.3. The second-order valence-corrected chi connectivity index (χ2v) is 7.61. The van der Waals surface area contributed by atoms with Crippen molar-refractivity contribution in [1.29, 1.82) is 0 Å². The highest BCUT2D eigenvalue weighted by atomic mass is 32.1. The molecule has 1 unspecified atom stereocenters. The van der Waals surface area contributed by atoms with Crippen molar-refractivity contribution in [2.75, 3.05) is 27.7 Å². The molecule has 28 heavy (non-hydrogen) atoms. The van der Waals surface area contributed by atoms with Crippen molar-refractivity contribution < 1.29 is 9.53 Å². The van der Waals surface area contributed by atoms with Gasteiger partial charge in [-0.05, 0) is 50.8 Å². The summed E-state index contributed by atoms with van der Waals surface area (Å²) in [4.78, 5) is 24.3. The fourth-order valence-corrected chi connectivity index (χ4v) is 3.86. The van der Waals surface area contributed by atoms with Gasteiger partial charge in [-0.2, -0.15) is 0 Å². The third-order valence-electron chi connectivity index (χ3n) is 4.47. The van der Waals surface area contributed by atoms with Gasteiger partial charge < -0.3 is 15.0 Å². The number of nitrogens with zero attached hydrogens (tertiary/aromatic N) is 3. The van der Waals surface area contributed by atoms with Crippen LogP contribution in [0.2, 0.25) is 0 Å². The molecule has 2 aromatic heterocycles. The van der Waals surface area contributed by atoms with Crippen LogP contribution in [0.4, 0.5) is 0 Å². The molecule has 0 saturated heterocycles. The Balaban J connectivity index is 1.72. The van der Waals surface area contributed by atoms with Crippen molar-refractivity contribution in [2.24, 2.45) is 0 Å². The molecule has 3 aromatic rings. The largest absolute Gasteiger partial charge is 0.497 e. The molecular weight excluding hydrogens is 372 g/mol. The number of hydrogen-bond acceptors (Lipinski definition) is 6. The highest BCUT2D eigenvalue weighted by Crippen LogP contribution is 2.27. The predicted molar refractivity (Wildman–Crippen MR) is 112 cm³/mol. The van der Waals surface area contributed by atoms with Crippen molar-refractivity contribution in [3.8, 4) is 16.5 Å². The zero-order chi connectivity index (χ0) is 20.1. The normalized spacial score (nSPS) is 12.0. The fraction of sp³-hybridized carbons (Fsp3) is 0.286. The molecule has 0 aliphatic rings. The van der Waals surface area contributed by atoms with Crippen molar-refractivity contribution >= 4 is 17.2 Å². The van der Waals surface area contributed by atoms with E-state index in [0.29, 0.717) is 17.1 Å². The molecule has 2 heterocycles. The summed E-state index contributed by atoms with van der Waals surface area (Å²) in [5.41, 5.74) is 2.61. The third kappa shape index (κ3) is 4.55. The van der Waals surface area contributed by atoms with E-state index in [1.807, 2.05) is 63.5 Å². The van der Waals surface area contributed by atoms with E-state index in [-0.39, 0.29) is 11.9 Å². The minimum absolute atomic E-state index is 0.0540. The van der Waals surface area contributed by atoms with E-state index >= 15 is 0 Å². The first kappa shape index (κ1) is 20.0. The maximum atomic E-state index is 12.8. The number of methoxy groups -OCH3 is 1. The van der Waals surface area contributed by atoms with Crippen molar-refractivity contribution in [3.05, 3.63) is 64.8 Å². The lowest BCUT2D eigenvalue weighted by Gasteiger charge is -2.25. The van der Waals surface area contributed by atoms with E-state index in [1.165, 1.54) is 11.3 Å². The average molecular weight is 397 g/mol. The van der Waals surface area contributed by atoms with E-state index in [1.54, 1.807) is 13.3 Å². The second kappa shape index (κ2) is 8.95. The van der Waals surface area contributed by atoms with Gasteiger partial charge in [-0.3, -0.25) is 9.78 Å². The van der Waals surface area contributed by atoms with E-state index in [4.69, 9.17) is 4.74 Å². The molecule has 0 spiro atoms. The van der Waals surface area contributed by atoms with Crippen LogP contribution in [-0.4, -0.2) is 48.5 Å². The van der Waals surface area contributed by atoms with Crippen LogP contribution in [0.25, 0.3) is 10.7 Å². The van der Waals surface area contributed by atoms with Gasteiger partial charge >= 0.3 is 0 Å². The molecule has 0 fully saturated rings. The number of ether oxygens (including phenoxy) is 1. The summed E-state index contributed by atoms with van der Waals surface area (Å²) in [6, 6.07) is 13.6. The Morgan fingerprint density at radius 1 is 1.21 bits per heavy atom. The minimum atomic E-state index is -0.113. The number of carbonyl (C=O) groups is 1. The van der Waals surface area contributed by atoms with Crippen LogP contribution in [0, 0.1) is 6.92 Å². The number of rotatable bonds is 7. The van der Waals surface area contributed by atoms with E-state index in [0.717, 1.165) is 22.0 Å². The molecule has 1 atom stereocenters. The Labute approximate surface area is 169 Å². The Kier molecular flexibility index (Phi) is 6.38. The fourth-order valence-electron chi connectivity index (χ4n) is 2.90. The molecule has 146 valence electrons. The van der Waals surface area contributed by atoms with E-state index in [9.17, 15) is 4.79 Å². The number of pyridine rings is 1. The molecule has 1 N–H and O–H groups in total. The van der Waals surface area contributed by atoms with Crippen molar-refractivity contribution in [3.63, 3.8) is 0 Å². The lowest BCUT2D eigenvalue weighted by molar-refractivity contribution is 0.0945. The van der Waals surface area contributed by atoms with Gasteiger partial charge in [0.25, 0.3) is 5.91 Å². The van der Waals surface area contributed by atoms with Crippen LogP contribution in [0.5, 0.6) is 5.75 Å². The highest BCUT2D eigenvalue weighted by molar-refractivity contribution is 7.17. The lowest BCUT2D eigenvalue weighted by atomic mass is 10.1. The summed E-state index contributed by atoms with van der Waals surface area (Å²) in [5, 5.41) is 3.80. The van der Waals surface area contributed by atoms with Gasteiger partial charge in [-0.1, -0.05) is 18.2 Å². The quantitative estimate of drug-likeness (QED) is 0.661. The standard InChI is InChI=1S/C21H24N4O2S/c1-14-19(28-21(24-14)17-7-5-6-12-22-17)20(26)23-13-18(25(2)3)15-8-10-16(27-4)11-9-15/h5-12,18H,13H2,1-4H3,(H,23,26). The number of nitrogens with one attached hydrogen (secondary N) is 1. The van der Waals surface area contributed by atoms with Gasteiger partial charge in [0.1, 0.15) is 15.6 Å². The average Bonchev–Trinajstić information content (AvgIpc) is 3.10. The van der Waals surface area contributed by atoms with Crippen LogP contribution >= 0.6 is 11.3 Å². The molecule has 0 aliphatic heterocycles. The number of thiazole rings is 1. The minimum Gasteiger partial charge on any atom is -0.497 e. The summed E-state index contributed by atoms with van der Waals surface area (Å²) in [5.74, 6) is 0.699. The monoisotopic (exact) mass is 396 g/mol. The SMILES string of the molecule is COc1ccc(C(CNC(=O)c2sc(-c3ccccn3)nc2C)N(C)C)cc1. The maximum Gasteiger partial charge on any atom is 0.263 e.